The third-order valence-corrected chi connectivity index (χ3v) is 2.16. The van der Waals surface area contributed by atoms with Crippen molar-refractivity contribution in [1.82, 2.24) is 4.98 Å². The molecule has 0 radical (unpaired) electrons. The maximum absolute atomic E-state index is 9.41. The summed E-state index contributed by atoms with van der Waals surface area (Å²) in [6.45, 7) is 5.47. The van der Waals surface area contributed by atoms with Crippen LogP contribution >= 0.6 is 11.3 Å². The highest BCUT2D eigenvalue weighted by atomic mass is 32.1. The van der Waals surface area contributed by atoms with Crippen LogP contribution in [0.25, 0.3) is 0 Å². The van der Waals surface area contributed by atoms with Crippen molar-refractivity contribution in [1.29, 1.82) is 0 Å². The molecule has 1 aromatic rings. The van der Waals surface area contributed by atoms with Gasteiger partial charge in [0.2, 0.25) is 0 Å². The van der Waals surface area contributed by atoms with Gasteiger partial charge in [-0.25, -0.2) is 4.98 Å². The minimum atomic E-state index is -0.475. The number of thiazole rings is 1. The summed E-state index contributed by atoms with van der Waals surface area (Å²) >= 11 is 1.55. The summed E-state index contributed by atoms with van der Waals surface area (Å²) in [6, 6.07) is 0. The van der Waals surface area contributed by atoms with Gasteiger partial charge in [-0.2, -0.15) is 0 Å². The predicted molar refractivity (Wildman–Crippen MR) is 46.6 cm³/mol. The number of aliphatic hydroxyl groups is 1. The Labute approximate surface area is 70.2 Å². The van der Waals surface area contributed by atoms with E-state index in [4.69, 9.17) is 0 Å². The molecule has 0 aliphatic heterocycles. The number of nitrogens with zero attached hydrogens (tertiary/aromatic N) is 1. The number of rotatable bonds is 3. The first-order valence-electron chi connectivity index (χ1n) is 3.45. The molecule has 0 amide bonds. The van der Waals surface area contributed by atoms with Gasteiger partial charge in [-0.15, -0.1) is 17.9 Å². The standard InChI is InChI=1S/C8H11NOS/c1-3-4-8(10)7-5-11-6(2)9-7/h3,5,8,10H,1,4H2,2H3. The summed E-state index contributed by atoms with van der Waals surface area (Å²) in [5.74, 6) is 0. The number of aliphatic hydroxyl groups excluding tert-OH is 1. The molecule has 0 saturated heterocycles. The van der Waals surface area contributed by atoms with Crippen molar-refractivity contribution >= 4 is 11.3 Å². The normalized spacial score (nSPS) is 12.9. The average molecular weight is 169 g/mol. The number of hydrogen-bond donors (Lipinski definition) is 1. The van der Waals surface area contributed by atoms with Crippen molar-refractivity contribution < 1.29 is 5.11 Å². The molecular formula is C8H11NOS. The smallest absolute Gasteiger partial charge is 0.100 e. The molecule has 0 aromatic carbocycles. The molecule has 60 valence electrons. The minimum absolute atomic E-state index is 0.475. The van der Waals surface area contributed by atoms with E-state index in [9.17, 15) is 5.11 Å². The Balaban J connectivity index is 2.67. The molecule has 0 fully saturated rings. The van der Waals surface area contributed by atoms with E-state index in [1.165, 1.54) is 0 Å². The zero-order chi connectivity index (χ0) is 8.27. The lowest BCUT2D eigenvalue weighted by atomic mass is 10.2. The molecule has 1 unspecified atom stereocenters. The van der Waals surface area contributed by atoms with Crippen LogP contribution < -0.4 is 0 Å². The summed E-state index contributed by atoms with van der Waals surface area (Å²) in [5.41, 5.74) is 0.757. The maximum atomic E-state index is 9.41. The Morgan fingerprint density at radius 3 is 3.09 bits per heavy atom. The van der Waals surface area contributed by atoms with Gasteiger partial charge >= 0.3 is 0 Å². The minimum Gasteiger partial charge on any atom is -0.386 e. The lowest BCUT2D eigenvalue weighted by Crippen LogP contribution is -1.95. The quantitative estimate of drug-likeness (QED) is 0.702. The highest BCUT2D eigenvalue weighted by Gasteiger charge is 2.07. The maximum Gasteiger partial charge on any atom is 0.100 e. The molecule has 0 aliphatic carbocycles. The van der Waals surface area contributed by atoms with Crippen molar-refractivity contribution in [2.45, 2.75) is 19.4 Å². The zero-order valence-corrected chi connectivity index (χ0v) is 7.27. The Kier molecular flexibility index (Phi) is 2.79. The van der Waals surface area contributed by atoms with Crippen molar-refractivity contribution in [3.8, 4) is 0 Å². The van der Waals surface area contributed by atoms with Crippen molar-refractivity contribution in [3.05, 3.63) is 28.7 Å². The first-order chi connectivity index (χ1) is 5.24. The molecule has 1 atom stereocenters. The molecular weight excluding hydrogens is 158 g/mol. The highest BCUT2D eigenvalue weighted by Crippen LogP contribution is 2.18. The van der Waals surface area contributed by atoms with Gasteiger partial charge in [0.25, 0.3) is 0 Å². The highest BCUT2D eigenvalue weighted by molar-refractivity contribution is 7.09. The predicted octanol–water partition coefficient (Wildman–Crippen LogP) is 2.06. The van der Waals surface area contributed by atoms with Gasteiger partial charge in [-0.05, 0) is 13.3 Å². The summed E-state index contributed by atoms with van der Waals surface area (Å²) < 4.78 is 0. The monoisotopic (exact) mass is 169 g/mol. The number of aromatic nitrogens is 1. The second-order valence-electron chi connectivity index (χ2n) is 2.33. The SMILES string of the molecule is C=CCC(O)c1csc(C)n1. The molecule has 1 N–H and O–H groups in total. The van der Waals surface area contributed by atoms with Gasteiger partial charge in [0.15, 0.2) is 0 Å². The van der Waals surface area contributed by atoms with Crippen LogP contribution in [0.5, 0.6) is 0 Å². The number of hydrogen-bond acceptors (Lipinski definition) is 3. The molecule has 2 nitrogen and oxygen atoms in total. The second-order valence-corrected chi connectivity index (χ2v) is 3.39. The molecule has 1 heterocycles. The largest absolute Gasteiger partial charge is 0.386 e. The van der Waals surface area contributed by atoms with E-state index in [1.54, 1.807) is 17.4 Å². The summed E-state index contributed by atoms with van der Waals surface area (Å²) in [4.78, 5) is 4.15. The van der Waals surface area contributed by atoms with Gasteiger partial charge in [0.05, 0.1) is 10.7 Å². The second kappa shape index (κ2) is 3.64. The van der Waals surface area contributed by atoms with Crippen LogP contribution in [-0.4, -0.2) is 10.1 Å². The van der Waals surface area contributed by atoms with E-state index in [0.717, 1.165) is 10.7 Å². The Bertz CT molecular complexity index is 244. The molecule has 11 heavy (non-hydrogen) atoms. The lowest BCUT2D eigenvalue weighted by molar-refractivity contribution is 0.177. The van der Waals surface area contributed by atoms with Crippen LogP contribution in [0.2, 0.25) is 0 Å². The molecule has 0 aliphatic rings. The molecule has 1 aromatic heterocycles. The van der Waals surface area contributed by atoms with Gasteiger partial charge in [0.1, 0.15) is 6.10 Å². The summed E-state index contributed by atoms with van der Waals surface area (Å²) in [6.07, 6.45) is 1.79. The van der Waals surface area contributed by atoms with E-state index in [2.05, 4.69) is 11.6 Å². The lowest BCUT2D eigenvalue weighted by Gasteiger charge is -2.01. The first-order valence-corrected chi connectivity index (χ1v) is 4.33. The Morgan fingerprint density at radius 2 is 2.64 bits per heavy atom. The van der Waals surface area contributed by atoms with Crippen molar-refractivity contribution in [3.63, 3.8) is 0 Å². The molecule has 0 bridgehead atoms. The molecule has 0 saturated carbocycles. The third-order valence-electron chi connectivity index (χ3n) is 1.37. The molecule has 1 rings (SSSR count). The van der Waals surface area contributed by atoms with Crippen molar-refractivity contribution in [2.24, 2.45) is 0 Å². The van der Waals surface area contributed by atoms with Crippen LogP contribution in [0, 0.1) is 6.92 Å². The third kappa shape index (κ3) is 2.13. The van der Waals surface area contributed by atoms with Crippen LogP contribution in [0.3, 0.4) is 0 Å². The van der Waals surface area contributed by atoms with E-state index in [1.807, 2.05) is 12.3 Å². The summed E-state index contributed by atoms with van der Waals surface area (Å²) in [7, 11) is 0. The van der Waals surface area contributed by atoms with E-state index in [-0.39, 0.29) is 0 Å². The van der Waals surface area contributed by atoms with E-state index >= 15 is 0 Å². The van der Waals surface area contributed by atoms with Crippen LogP contribution in [0.15, 0.2) is 18.0 Å². The van der Waals surface area contributed by atoms with E-state index in [0.29, 0.717) is 6.42 Å². The van der Waals surface area contributed by atoms with Gasteiger partial charge in [-0.1, -0.05) is 6.08 Å². The fourth-order valence-corrected chi connectivity index (χ4v) is 1.47. The van der Waals surface area contributed by atoms with Gasteiger partial charge < -0.3 is 5.11 Å². The van der Waals surface area contributed by atoms with Crippen molar-refractivity contribution in [2.75, 3.05) is 0 Å². The zero-order valence-electron chi connectivity index (χ0n) is 6.45. The number of aryl methyl sites for hydroxylation is 1. The summed E-state index contributed by atoms with van der Waals surface area (Å²) in [5, 5.41) is 12.3. The average Bonchev–Trinajstić information content (AvgIpc) is 2.36. The van der Waals surface area contributed by atoms with Crippen LogP contribution in [0.4, 0.5) is 0 Å². The van der Waals surface area contributed by atoms with Crippen LogP contribution in [-0.2, 0) is 0 Å². The molecule has 3 heteroatoms. The first kappa shape index (κ1) is 8.43. The van der Waals surface area contributed by atoms with Gasteiger partial charge in [-0.3, -0.25) is 0 Å². The Morgan fingerprint density at radius 1 is 1.91 bits per heavy atom. The molecule has 0 spiro atoms. The van der Waals surface area contributed by atoms with Crippen LogP contribution in [0.1, 0.15) is 23.2 Å². The fraction of sp³-hybridized carbons (Fsp3) is 0.375. The van der Waals surface area contributed by atoms with Gasteiger partial charge in [0, 0.05) is 5.38 Å². The topological polar surface area (TPSA) is 33.1 Å². The Hall–Kier alpha value is -0.670. The fourth-order valence-electron chi connectivity index (χ4n) is 0.812. The van der Waals surface area contributed by atoms with E-state index < -0.39 is 6.10 Å².